The molecule has 1 saturated heterocycles. The van der Waals surface area contributed by atoms with Crippen molar-refractivity contribution in [1.29, 1.82) is 0 Å². The number of nitrogens with one attached hydrogen (secondary N) is 1. The Morgan fingerprint density at radius 3 is 2.88 bits per heavy atom. The lowest BCUT2D eigenvalue weighted by atomic mass is 10.1. The summed E-state index contributed by atoms with van der Waals surface area (Å²) in [5.41, 5.74) is 1.28. The highest BCUT2D eigenvalue weighted by molar-refractivity contribution is 7.91. The van der Waals surface area contributed by atoms with Crippen LogP contribution in [0.1, 0.15) is 36.6 Å². The van der Waals surface area contributed by atoms with Gasteiger partial charge in [0.15, 0.2) is 9.84 Å². The molecule has 1 aromatic heterocycles. The molecule has 1 N–H and O–H groups in total. The average Bonchev–Trinajstić information content (AvgIpc) is 3.11. The molecule has 5 nitrogen and oxygen atoms in total. The molecule has 0 aliphatic carbocycles. The molecule has 3 rings (SSSR count). The number of aromatic nitrogens is 2. The van der Waals surface area contributed by atoms with Gasteiger partial charge < -0.3 is 5.32 Å². The molecule has 0 unspecified atom stereocenters. The summed E-state index contributed by atoms with van der Waals surface area (Å²) in [6.07, 6.45) is 4.06. The second kappa shape index (κ2) is 6.60. The van der Waals surface area contributed by atoms with Gasteiger partial charge in [0, 0.05) is 36.0 Å². The topological polar surface area (TPSA) is 64.0 Å². The highest BCUT2D eigenvalue weighted by atomic mass is 32.2. The van der Waals surface area contributed by atoms with E-state index in [0.717, 1.165) is 11.6 Å². The molecule has 2 heterocycles. The zero-order valence-electron chi connectivity index (χ0n) is 13.2. The van der Waals surface area contributed by atoms with E-state index >= 15 is 0 Å². The van der Waals surface area contributed by atoms with E-state index in [0.29, 0.717) is 18.5 Å². The fraction of sp³-hybridized carbons (Fsp3) is 0.438. The molecule has 2 aromatic rings. The third-order valence-corrected chi connectivity index (χ3v) is 6.03. The van der Waals surface area contributed by atoms with Gasteiger partial charge in [-0.15, -0.1) is 0 Å². The molecule has 8 heteroatoms. The van der Waals surface area contributed by atoms with Crippen LogP contribution in [0.3, 0.4) is 0 Å². The first-order valence-electron chi connectivity index (χ1n) is 7.76. The second-order valence-electron chi connectivity index (χ2n) is 6.15. The van der Waals surface area contributed by atoms with Crippen molar-refractivity contribution >= 4 is 9.84 Å². The van der Waals surface area contributed by atoms with Crippen LogP contribution in [-0.2, 0) is 16.4 Å². The van der Waals surface area contributed by atoms with Crippen LogP contribution in [0.15, 0.2) is 30.6 Å². The van der Waals surface area contributed by atoms with E-state index in [4.69, 9.17) is 0 Å². The number of hydrogen-bond acceptors (Lipinski definition) is 4. The highest BCUT2D eigenvalue weighted by Gasteiger charge is 2.29. The van der Waals surface area contributed by atoms with E-state index in [1.54, 1.807) is 17.8 Å². The third-order valence-electron chi connectivity index (χ3n) is 4.28. The fourth-order valence-electron chi connectivity index (χ4n) is 2.89. The molecule has 1 aliphatic heterocycles. The van der Waals surface area contributed by atoms with Crippen LogP contribution < -0.4 is 5.32 Å². The molecule has 0 spiro atoms. The van der Waals surface area contributed by atoms with Crippen molar-refractivity contribution in [2.24, 2.45) is 0 Å². The van der Waals surface area contributed by atoms with Gasteiger partial charge in [-0.2, -0.15) is 5.10 Å². The summed E-state index contributed by atoms with van der Waals surface area (Å²) in [4.78, 5) is 0. The lowest BCUT2D eigenvalue weighted by Gasteiger charge is -2.14. The Morgan fingerprint density at radius 1 is 1.42 bits per heavy atom. The summed E-state index contributed by atoms with van der Waals surface area (Å²) in [7, 11) is -2.95. The normalized spacial score (nSPS) is 21.0. The van der Waals surface area contributed by atoms with E-state index in [1.807, 2.05) is 6.20 Å². The Labute approximate surface area is 139 Å². The van der Waals surface area contributed by atoms with Gasteiger partial charge in [-0.25, -0.2) is 17.2 Å². The third kappa shape index (κ3) is 3.81. The molecule has 1 aromatic carbocycles. The molecular weight excluding hydrogens is 336 g/mol. The van der Waals surface area contributed by atoms with Crippen molar-refractivity contribution in [3.05, 3.63) is 53.4 Å². The predicted octanol–water partition coefficient (Wildman–Crippen LogP) is 2.37. The number of nitrogens with zero attached hydrogens (tertiary/aromatic N) is 2. The average molecular weight is 355 g/mol. The van der Waals surface area contributed by atoms with Crippen LogP contribution >= 0.6 is 0 Å². The van der Waals surface area contributed by atoms with Crippen molar-refractivity contribution < 1.29 is 17.2 Å². The Hall–Kier alpha value is -1.80. The van der Waals surface area contributed by atoms with Crippen LogP contribution in [-0.4, -0.2) is 29.7 Å². The van der Waals surface area contributed by atoms with E-state index < -0.39 is 21.5 Å². The first-order chi connectivity index (χ1) is 11.3. The van der Waals surface area contributed by atoms with Gasteiger partial charge in [0.2, 0.25) is 0 Å². The molecule has 1 aliphatic rings. The fourth-order valence-corrected chi connectivity index (χ4v) is 4.59. The summed E-state index contributed by atoms with van der Waals surface area (Å²) in [6, 6.07) is 3.12. The lowest BCUT2D eigenvalue weighted by molar-refractivity contribution is 0.497. The molecule has 24 heavy (non-hydrogen) atoms. The number of hydrogen-bond donors (Lipinski definition) is 1. The van der Waals surface area contributed by atoms with E-state index in [1.165, 1.54) is 12.1 Å². The largest absolute Gasteiger partial charge is 0.306 e. The SMILES string of the molecule is C[C@H](NCc1cnn([C@@H]2CCS(=O)(=O)C2)c1)c1ccc(F)cc1F. The van der Waals surface area contributed by atoms with E-state index in [-0.39, 0.29) is 23.6 Å². The van der Waals surface area contributed by atoms with E-state index in [9.17, 15) is 17.2 Å². The maximum Gasteiger partial charge on any atom is 0.152 e. The molecule has 2 atom stereocenters. The molecule has 0 saturated carbocycles. The van der Waals surface area contributed by atoms with Gasteiger partial charge in [-0.05, 0) is 19.4 Å². The van der Waals surface area contributed by atoms with Crippen LogP contribution in [0.4, 0.5) is 8.78 Å². The van der Waals surface area contributed by atoms with Gasteiger partial charge in [0.05, 0.1) is 23.7 Å². The summed E-state index contributed by atoms with van der Waals surface area (Å²) in [6.45, 7) is 2.25. The van der Waals surface area contributed by atoms with Gasteiger partial charge in [0.25, 0.3) is 0 Å². The molecule has 0 bridgehead atoms. The monoisotopic (exact) mass is 355 g/mol. The lowest BCUT2D eigenvalue weighted by Crippen LogP contribution is -2.19. The number of halogens is 2. The predicted molar refractivity (Wildman–Crippen MR) is 86.1 cm³/mol. The van der Waals surface area contributed by atoms with Gasteiger partial charge in [-0.1, -0.05) is 6.07 Å². The van der Waals surface area contributed by atoms with Gasteiger partial charge in [-0.3, -0.25) is 4.68 Å². The van der Waals surface area contributed by atoms with Crippen LogP contribution in [0, 0.1) is 11.6 Å². The van der Waals surface area contributed by atoms with Crippen molar-refractivity contribution in [2.75, 3.05) is 11.5 Å². The quantitative estimate of drug-likeness (QED) is 0.894. The first kappa shape index (κ1) is 17.0. The summed E-state index contributed by atoms with van der Waals surface area (Å²) in [5.74, 6) is -0.858. The molecule has 0 radical (unpaired) electrons. The van der Waals surface area contributed by atoms with Crippen LogP contribution in [0.25, 0.3) is 0 Å². The Morgan fingerprint density at radius 2 is 2.21 bits per heavy atom. The second-order valence-corrected chi connectivity index (χ2v) is 8.38. The zero-order valence-corrected chi connectivity index (χ0v) is 14.1. The minimum Gasteiger partial charge on any atom is -0.306 e. The molecule has 0 amide bonds. The Kier molecular flexibility index (Phi) is 4.69. The summed E-state index contributed by atoms with van der Waals surface area (Å²) < 4.78 is 51.5. The number of rotatable bonds is 5. The zero-order chi connectivity index (χ0) is 17.3. The Balaban J connectivity index is 1.61. The summed E-state index contributed by atoms with van der Waals surface area (Å²) >= 11 is 0. The van der Waals surface area contributed by atoms with Crippen LogP contribution in [0.5, 0.6) is 0 Å². The van der Waals surface area contributed by atoms with Crippen LogP contribution in [0.2, 0.25) is 0 Å². The van der Waals surface area contributed by atoms with E-state index in [2.05, 4.69) is 10.4 Å². The number of sulfone groups is 1. The Bertz CT molecular complexity index is 836. The number of benzene rings is 1. The van der Waals surface area contributed by atoms with Crippen molar-refractivity contribution in [2.45, 2.75) is 32.0 Å². The molecule has 1 fully saturated rings. The maximum atomic E-state index is 13.8. The minimum absolute atomic E-state index is 0.115. The molecular formula is C16H19F2N3O2S. The highest BCUT2D eigenvalue weighted by Crippen LogP contribution is 2.23. The first-order valence-corrected chi connectivity index (χ1v) is 9.58. The van der Waals surface area contributed by atoms with Gasteiger partial charge >= 0.3 is 0 Å². The minimum atomic E-state index is -2.95. The standard InChI is InChI=1S/C16H19F2N3O2S/c1-11(15-3-2-13(17)6-16(15)18)19-7-12-8-20-21(9-12)14-4-5-24(22,23)10-14/h2-3,6,8-9,11,14,19H,4-5,7,10H2,1H3/t11-,14+/m0/s1. The van der Waals surface area contributed by atoms with Gasteiger partial charge in [0.1, 0.15) is 11.6 Å². The summed E-state index contributed by atoms with van der Waals surface area (Å²) in [5, 5.41) is 7.39. The maximum absolute atomic E-state index is 13.8. The smallest absolute Gasteiger partial charge is 0.152 e. The van der Waals surface area contributed by atoms with Crippen molar-refractivity contribution in [3.8, 4) is 0 Å². The molecule has 130 valence electrons. The van der Waals surface area contributed by atoms with Crippen molar-refractivity contribution in [1.82, 2.24) is 15.1 Å². The van der Waals surface area contributed by atoms with Crippen molar-refractivity contribution in [3.63, 3.8) is 0 Å².